The maximum atomic E-state index is 5.74. The van der Waals surface area contributed by atoms with Crippen LogP contribution in [0.1, 0.15) is 37.1 Å². The van der Waals surface area contributed by atoms with Crippen LogP contribution in [0.15, 0.2) is 24.3 Å². The van der Waals surface area contributed by atoms with E-state index in [0.717, 1.165) is 23.9 Å². The number of aromatic nitrogens is 3. The van der Waals surface area contributed by atoms with Gasteiger partial charge in [0.15, 0.2) is 5.82 Å². The fourth-order valence-corrected chi connectivity index (χ4v) is 2.00. The van der Waals surface area contributed by atoms with Crippen LogP contribution in [0.4, 0.5) is 0 Å². The first kappa shape index (κ1) is 14.5. The maximum absolute atomic E-state index is 5.74. The topological polar surface area (TPSA) is 52.0 Å². The van der Waals surface area contributed by atoms with Crippen molar-refractivity contribution in [3.8, 4) is 5.75 Å². The first-order valence-electron chi connectivity index (χ1n) is 6.92. The molecule has 5 heteroatoms. The van der Waals surface area contributed by atoms with Crippen LogP contribution in [0.2, 0.25) is 0 Å². The van der Waals surface area contributed by atoms with Crippen molar-refractivity contribution in [2.24, 2.45) is 7.05 Å². The number of ether oxygens (including phenoxy) is 1. The molecule has 5 nitrogen and oxygen atoms in total. The Balaban J connectivity index is 1.95. The van der Waals surface area contributed by atoms with Gasteiger partial charge in [0.05, 0.1) is 0 Å². The summed E-state index contributed by atoms with van der Waals surface area (Å²) in [5.74, 6) is 2.56. The van der Waals surface area contributed by atoms with E-state index < -0.39 is 0 Å². The van der Waals surface area contributed by atoms with E-state index in [1.54, 1.807) is 0 Å². The number of benzene rings is 1. The number of nitrogens with one attached hydrogen (secondary N) is 1. The van der Waals surface area contributed by atoms with Gasteiger partial charge in [-0.05, 0) is 38.1 Å². The molecule has 0 saturated heterocycles. The van der Waals surface area contributed by atoms with Crippen LogP contribution in [-0.2, 0) is 13.7 Å². The highest BCUT2D eigenvalue weighted by molar-refractivity contribution is 5.29. The monoisotopic (exact) mass is 274 g/mol. The summed E-state index contributed by atoms with van der Waals surface area (Å²) in [6, 6.07) is 8.52. The largest absolute Gasteiger partial charge is 0.486 e. The Hall–Kier alpha value is -1.88. The zero-order valence-corrected chi connectivity index (χ0v) is 12.6. The minimum Gasteiger partial charge on any atom is -0.486 e. The Labute approximate surface area is 120 Å². The molecule has 0 bridgehead atoms. The van der Waals surface area contributed by atoms with Gasteiger partial charge in [0.25, 0.3) is 0 Å². The first-order chi connectivity index (χ1) is 9.61. The smallest absolute Gasteiger partial charge is 0.170 e. The molecule has 108 valence electrons. The molecule has 1 aromatic carbocycles. The van der Waals surface area contributed by atoms with Crippen molar-refractivity contribution in [2.75, 3.05) is 6.54 Å². The van der Waals surface area contributed by atoms with E-state index in [4.69, 9.17) is 4.74 Å². The minimum absolute atomic E-state index is 0.357. The van der Waals surface area contributed by atoms with Gasteiger partial charge in [-0.15, -0.1) is 10.2 Å². The van der Waals surface area contributed by atoms with E-state index in [1.807, 2.05) is 30.7 Å². The van der Waals surface area contributed by atoms with Gasteiger partial charge in [0.1, 0.15) is 18.2 Å². The van der Waals surface area contributed by atoms with E-state index in [0.29, 0.717) is 12.6 Å². The van der Waals surface area contributed by atoms with E-state index in [2.05, 4.69) is 41.5 Å². The highest BCUT2D eigenvalue weighted by Crippen LogP contribution is 2.18. The SMILES string of the molecule is CCNC(C)c1ccc(OCc2nnc(C)n2C)cc1. The van der Waals surface area contributed by atoms with Crippen LogP contribution in [0.5, 0.6) is 5.75 Å². The first-order valence-corrected chi connectivity index (χ1v) is 6.92. The third kappa shape index (κ3) is 3.36. The third-order valence-electron chi connectivity index (χ3n) is 3.44. The lowest BCUT2D eigenvalue weighted by Crippen LogP contribution is -2.17. The number of nitrogens with zero attached hydrogens (tertiary/aromatic N) is 3. The predicted octanol–water partition coefficient (Wildman–Crippen LogP) is 2.37. The van der Waals surface area contributed by atoms with Gasteiger partial charge >= 0.3 is 0 Å². The van der Waals surface area contributed by atoms with Crippen LogP contribution in [-0.4, -0.2) is 21.3 Å². The minimum atomic E-state index is 0.357. The van der Waals surface area contributed by atoms with Crippen LogP contribution in [0, 0.1) is 6.92 Å². The lowest BCUT2D eigenvalue weighted by molar-refractivity contribution is 0.291. The number of aryl methyl sites for hydroxylation is 1. The molecule has 0 spiro atoms. The van der Waals surface area contributed by atoms with Gasteiger partial charge in [-0.1, -0.05) is 19.1 Å². The van der Waals surface area contributed by atoms with Crippen LogP contribution >= 0.6 is 0 Å². The maximum Gasteiger partial charge on any atom is 0.170 e. The third-order valence-corrected chi connectivity index (χ3v) is 3.44. The standard InChI is InChI=1S/C15H22N4O/c1-5-16-11(2)13-6-8-14(9-7-13)20-10-15-18-17-12(3)19(15)4/h6-9,11,16H,5,10H2,1-4H3. The zero-order chi connectivity index (χ0) is 14.5. The quantitative estimate of drug-likeness (QED) is 0.878. The van der Waals surface area contributed by atoms with Gasteiger partial charge in [0, 0.05) is 13.1 Å². The predicted molar refractivity (Wildman–Crippen MR) is 78.6 cm³/mol. The molecule has 1 N–H and O–H groups in total. The average Bonchev–Trinajstić information content (AvgIpc) is 2.77. The van der Waals surface area contributed by atoms with Crippen molar-refractivity contribution in [3.05, 3.63) is 41.5 Å². The molecule has 2 aromatic rings. The van der Waals surface area contributed by atoms with Gasteiger partial charge in [-0.2, -0.15) is 0 Å². The molecule has 1 heterocycles. The Bertz CT molecular complexity index is 548. The molecular formula is C15H22N4O. The summed E-state index contributed by atoms with van der Waals surface area (Å²) in [4.78, 5) is 0. The van der Waals surface area contributed by atoms with Gasteiger partial charge in [-0.3, -0.25) is 0 Å². The second kappa shape index (κ2) is 6.52. The van der Waals surface area contributed by atoms with E-state index in [-0.39, 0.29) is 0 Å². The zero-order valence-electron chi connectivity index (χ0n) is 12.6. The van der Waals surface area contributed by atoms with Crippen LogP contribution in [0.25, 0.3) is 0 Å². The lowest BCUT2D eigenvalue weighted by Gasteiger charge is -2.13. The summed E-state index contributed by atoms with van der Waals surface area (Å²) in [7, 11) is 1.94. The van der Waals surface area contributed by atoms with E-state index >= 15 is 0 Å². The Morgan fingerprint density at radius 2 is 1.95 bits per heavy atom. The molecule has 1 aromatic heterocycles. The highest BCUT2D eigenvalue weighted by Gasteiger charge is 2.06. The summed E-state index contributed by atoms with van der Waals surface area (Å²) in [5, 5.41) is 11.5. The molecular weight excluding hydrogens is 252 g/mol. The van der Waals surface area contributed by atoms with Crippen molar-refractivity contribution in [1.29, 1.82) is 0 Å². The Morgan fingerprint density at radius 3 is 2.50 bits per heavy atom. The van der Waals surface area contributed by atoms with Crippen molar-refractivity contribution >= 4 is 0 Å². The normalized spacial score (nSPS) is 12.4. The number of rotatable bonds is 6. The summed E-state index contributed by atoms with van der Waals surface area (Å²) in [6.45, 7) is 7.58. The van der Waals surface area contributed by atoms with Crippen molar-refractivity contribution in [2.45, 2.75) is 33.4 Å². The molecule has 2 rings (SSSR count). The number of hydrogen-bond donors (Lipinski definition) is 1. The Morgan fingerprint density at radius 1 is 1.25 bits per heavy atom. The van der Waals surface area contributed by atoms with Crippen LogP contribution in [0.3, 0.4) is 0 Å². The fourth-order valence-electron chi connectivity index (χ4n) is 2.00. The summed E-state index contributed by atoms with van der Waals surface area (Å²) in [6.07, 6.45) is 0. The molecule has 0 aliphatic heterocycles. The lowest BCUT2D eigenvalue weighted by atomic mass is 10.1. The van der Waals surface area contributed by atoms with Gasteiger partial charge in [-0.25, -0.2) is 0 Å². The van der Waals surface area contributed by atoms with Crippen molar-refractivity contribution in [3.63, 3.8) is 0 Å². The molecule has 0 radical (unpaired) electrons. The summed E-state index contributed by atoms with van der Waals surface area (Å²) in [5.41, 5.74) is 1.26. The summed E-state index contributed by atoms with van der Waals surface area (Å²) >= 11 is 0. The van der Waals surface area contributed by atoms with Crippen molar-refractivity contribution < 1.29 is 4.74 Å². The molecule has 0 saturated carbocycles. The molecule has 20 heavy (non-hydrogen) atoms. The molecule has 0 fully saturated rings. The second-order valence-corrected chi connectivity index (χ2v) is 4.86. The van der Waals surface area contributed by atoms with E-state index in [9.17, 15) is 0 Å². The number of hydrogen-bond acceptors (Lipinski definition) is 4. The molecule has 0 amide bonds. The van der Waals surface area contributed by atoms with Crippen molar-refractivity contribution in [1.82, 2.24) is 20.1 Å². The van der Waals surface area contributed by atoms with Crippen LogP contribution < -0.4 is 10.1 Å². The average molecular weight is 274 g/mol. The van der Waals surface area contributed by atoms with Gasteiger partial charge < -0.3 is 14.6 Å². The highest BCUT2D eigenvalue weighted by atomic mass is 16.5. The van der Waals surface area contributed by atoms with Gasteiger partial charge in [0.2, 0.25) is 0 Å². The summed E-state index contributed by atoms with van der Waals surface area (Å²) < 4.78 is 7.67. The second-order valence-electron chi connectivity index (χ2n) is 4.86. The molecule has 1 atom stereocenters. The Kier molecular flexibility index (Phi) is 4.74. The molecule has 1 unspecified atom stereocenters. The molecule has 0 aliphatic carbocycles. The fraction of sp³-hybridized carbons (Fsp3) is 0.467. The molecule has 0 aliphatic rings. The van der Waals surface area contributed by atoms with E-state index in [1.165, 1.54) is 5.56 Å².